The summed E-state index contributed by atoms with van der Waals surface area (Å²) in [6.07, 6.45) is 0.941. The molecule has 0 N–H and O–H groups in total. The second kappa shape index (κ2) is 8.44. The fourth-order valence-electron chi connectivity index (χ4n) is 3.50. The number of benzene rings is 2. The number of fused-ring (bicyclic) bond motifs is 1. The number of hydrogen-bond acceptors (Lipinski definition) is 4. The lowest BCUT2D eigenvalue weighted by atomic mass is 10.1. The van der Waals surface area contributed by atoms with Crippen molar-refractivity contribution in [3.8, 4) is 11.3 Å². The highest BCUT2D eigenvalue weighted by molar-refractivity contribution is 6.35. The molecule has 2 aromatic carbocycles. The number of halogens is 2. The van der Waals surface area contributed by atoms with Gasteiger partial charge in [-0.25, -0.2) is 9.78 Å². The summed E-state index contributed by atoms with van der Waals surface area (Å²) in [6.45, 7) is 3.70. The predicted octanol–water partition coefficient (Wildman–Crippen LogP) is 5.79. The molecule has 0 radical (unpaired) electrons. The highest BCUT2D eigenvalue weighted by Crippen LogP contribution is 2.32. The molecular weight excluding hydrogens is 407 g/mol. The Morgan fingerprint density at radius 2 is 2.00 bits per heavy atom. The normalized spacial score (nSPS) is 12.7. The molecule has 0 amide bonds. The van der Waals surface area contributed by atoms with Crippen molar-refractivity contribution in [3.05, 3.63) is 81.3 Å². The third kappa shape index (κ3) is 4.24. The molecular formula is C23H20Cl2N2O2. The van der Waals surface area contributed by atoms with Crippen LogP contribution >= 0.6 is 23.2 Å². The maximum absolute atomic E-state index is 12.1. The van der Waals surface area contributed by atoms with Crippen molar-refractivity contribution in [3.63, 3.8) is 0 Å². The van der Waals surface area contributed by atoms with Crippen molar-refractivity contribution < 1.29 is 9.53 Å². The maximum atomic E-state index is 12.1. The minimum Gasteiger partial charge on any atom is -0.462 e. The number of carbonyl (C=O) groups excluding carboxylic acids is 1. The summed E-state index contributed by atoms with van der Waals surface area (Å²) in [4.78, 5) is 19.2. The van der Waals surface area contributed by atoms with E-state index in [2.05, 4.69) is 11.0 Å². The topological polar surface area (TPSA) is 42.4 Å². The quantitative estimate of drug-likeness (QED) is 0.483. The van der Waals surface area contributed by atoms with E-state index in [9.17, 15) is 4.79 Å². The molecule has 0 saturated heterocycles. The van der Waals surface area contributed by atoms with E-state index in [1.165, 1.54) is 5.56 Å². The molecule has 29 heavy (non-hydrogen) atoms. The van der Waals surface area contributed by atoms with Crippen LogP contribution in [0, 0.1) is 0 Å². The van der Waals surface area contributed by atoms with Crippen LogP contribution in [0.2, 0.25) is 10.0 Å². The Balaban J connectivity index is 1.62. The number of rotatable bonds is 5. The summed E-state index contributed by atoms with van der Waals surface area (Å²) >= 11 is 12.4. The van der Waals surface area contributed by atoms with Crippen LogP contribution in [0.5, 0.6) is 0 Å². The third-order valence-corrected chi connectivity index (χ3v) is 5.54. The molecule has 0 saturated carbocycles. The molecule has 3 aromatic rings. The number of nitrogens with zero attached hydrogens (tertiary/aromatic N) is 2. The Kier molecular flexibility index (Phi) is 5.74. The minimum atomic E-state index is -0.325. The van der Waals surface area contributed by atoms with Crippen LogP contribution in [-0.2, 0) is 17.7 Å². The molecule has 0 bridgehead atoms. The molecule has 148 valence electrons. The Morgan fingerprint density at radius 3 is 2.79 bits per heavy atom. The van der Waals surface area contributed by atoms with Crippen LogP contribution in [0.25, 0.3) is 11.3 Å². The molecule has 4 rings (SSSR count). The monoisotopic (exact) mass is 426 g/mol. The number of hydrogen-bond donors (Lipinski definition) is 0. The Labute approximate surface area is 180 Å². The van der Waals surface area contributed by atoms with Crippen molar-refractivity contribution in [2.75, 3.05) is 18.1 Å². The lowest BCUT2D eigenvalue weighted by Crippen LogP contribution is -2.20. The summed E-state index contributed by atoms with van der Waals surface area (Å²) in [6, 6.07) is 17.1. The van der Waals surface area contributed by atoms with Crippen molar-refractivity contribution in [1.82, 2.24) is 4.98 Å². The van der Waals surface area contributed by atoms with Gasteiger partial charge < -0.3 is 9.64 Å². The van der Waals surface area contributed by atoms with Crippen molar-refractivity contribution in [1.29, 1.82) is 0 Å². The molecule has 0 aliphatic carbocycles. The highest BCUT2D eigenvalue weighted by atomic mass is 35.5. The summed E-state index contributed by atoms with van der Waals surface area (Å²) in [7, 11) is 0. The zero-order valence-electron chi connectivity index (χ0n) is 16.0. The first-order valence-corrected chi connectivity index (χ1v) is 10.3. The summed E-state index contributed by atoms with van der Waals surface area (Å²) in [5.74, 6) is 0.629. The van der Waals surface area contributed by atoms with Crippen LogP contribution in [0.3, 0.4) is 0 Å². The van der Waals surface area contributed by atoms with E-state index in [1.807, 2.05) is 36.4 Å². The van der Waals surface area contributed by atoms with E-state index in [4.69, 9.17) is 32.9 Å². The fraction of sp³-hybridized carbons (Fsp3) is 0.217. The zero-order chi connectivity index (χ0) is 20.4. The van der Waals surface area contributed by atoms with Gasteiger partial charge in [0.25, 0.3) is 0 Å². The number of ether oxygens (including phenoxy) is 1. The highest BCUT2D eigenvalue weighted by Gasteiger charge is 2.22. The van der Waals surface area contributed by atoms with Gasteiger partial charge in [0.05, 0.1) is 17.9 Å². The summed E-state index contributed by atoms with van der Waals surface area (Å²) in [5, 5.41) is 1.28. The van der Waals surface area contributed by atoms with E-state index >= 15 is 0 Å². The Morgan fingerprint density at radius 1 is 1.14 bits per heavy atom. The van der Waals surface area contributed by atoms with Crippen LogP contribution < -0.4 is 4.90 Å². The molecule has 1 aliphatic rings. The van der Waals surface area contributed by atoms with Gasteiger partial charge >= 0.3 is 5.97 Å². The molecule has 0 unspecified atom stereocenters. The standard InChI is InChI=1S/C23H20Cl2N2O2/c1-2-29-23(28)17-5-3-4-16(12-17)21-9-7-15-10-11-27(22(15)26-21)14-18-6-8-19(24)13-20(18)25/h3-9,12-13H,2,10-11,14H2,1H3. The van der Waals surface area contributed by atoms with Gasteiger partial charge in [-0.15, -0.1) is 0 Å². The molecule has 1 aromatic heterocycles. The van der Waals surface area contributed by atoms with Gasteiger partial charge in [0, 0.05) is 28.7 Å². The number of pyridine rings is 1. The fourth-order valence-corrected chi connectivity index (χ4v) is 3.97. The van der Waals surface area contributed by atoms with Crippen molar-refractivity contribution in [2.24, 2.45) is 0 Å². The number of carbonyl (C=O) groups is 1. The predicted molar refractivity (Wildman–Crippen MR) is 117 cm³/mol. The lowest BCUT2D eigenvalue weighted by Gasteiger charge is -2.20. The van der Waals surface area contributed by atoms with Crippen LogP contribution in [-0.4, -0.2) is 24.1 Å². The van der Waals surface area contributed by atoms with Gasteiger partial charge in [0.1, 0.15) is 5.82 Å². The van der Waals surface area contributed by atoms with Gasteiger partial charge in [0.2, 0.25) is 0 Å². The van der Waals surface area contributed by atoms with Gasteiger partial charge in [-0.2, -0.15) is 0 Å². The van der Waals surface area contributed by atoms with Crippen molar-refractivity contribution >= 4 is 35.0 Å². The first-order chi connectivity index (χ1) is 14.0. The average molecular weight is 427 g/mol. The second-order valence-corrected chi connectivity index (χ2v) is 7.73. The Bertz CT molecular complexity index is 1070. The first kappa shape index (κ1) is 19.7. The molecule has 0 atom stereocenters. The molecule has 4 nitrogen and oxygen atoms in total. The molecule has 0 fully saturated rings. The maximum Gasteiger partial charge on any atom is 0.338 e. The van der Waals surface area contributed by atoms with Crippen LogP contribution in [0.15, 0.2) is 54.6 Å². The third-order valence-electron chi connectivity index (χ3n) is 4.95. The number of anilines is 1. The Hall–Kier alpha value is -2.56. The zero-order valence-corrected chi connectivity index (χ0v) is 17.5. The van der Waals surface area contributed by atoms with Gasteiger partial charge in [-0.05, 0) is 54.8 Å². The van der Waals surface area contributed by atoms with Gasteiger partial charge in [-0.3, -0.25) is 0 Å². The number of esters is 1. The largest absolute Gasteiger partial charge is 0.462 e. The minimum absolute atomic E-state index is 0.325. The van der Waals surface area contributed by atoms with E-state index in [1.54, 1.807) is 19.1 Å². The van der Waals surface area contributed by atoms with E-state index in [0.717, 1.165) is 35.6 Å². The van der Waals surface area contributed by atoms with Gasteiger partial charge in [0.15, 0.2) is 0 Å². The van der Waals surface area contributed by atoms with Crippen LogP contribution in [0.1, 0.15) is 28.4 Å². The van der Waals surface area contributed by atoms with E-state index in [0.29, 0.717) is 28.8 Å². The molecule has 1 aliphatic heterocycles. The van der Waals surface area contributed by atoms with Crippen molar-refractivity contribution in [2.45, 2.75) is 19.9 Å². The second-order valence-electron chi connectivity index (χ2n) is 6.89. The SMILES string of the molecule is CCOC(=O)c1cccc(-c2ccc3c(n2)N(Cc2ccc(Cl)cc2Cl)CC3)c1. The molecule has 6 heteroatoms. The molecule has 2 heterocycles. The molecule has 0 spiro atoms. The smallest absolute Gasteiger partial charge is 0.338 e. The van der Waals surface area contributed by atoms with E-state index < -0.39 is 0 Å². The number of aromatic nitrogens is 1. The average Bonchev–Trinajstić information content (AvgIpc) is 3.12. The van der Waals surface area contributed by atoms with Crippen LogP contribution in [0.4, 0.5) is 5.82 Å². The summed E-state index contributed by atoms with van der Waals surface area (Å²) < 4.78 is 5.11. The first-order valence-electron chi connectivity index (χ1n) is 9.51. The summed E-state index contributed by atoms with van der Waals surface area (Å²) in [5.41, 5.74) is 4.45. The van der Waals surface area contributed by atoms with Gasteiger partial charge in [-0.1, -0.05) is 47.5 Å². The lowest BCUT2D eigenvalue weighted by molar-refractivity contribution is 0.0526. The van der Waals surface area contributed by atoms with E-state index in [-0.39, 0.29) is 5.97 Å².